The summed E-state index contributed by atoms with van der Waals surface area (Å²) in [6.07, 6.45) is 7.14. The number of carboxylic acids is 1. The number of carbonyl (C=O) groups is 3. The van der Waals surface area contributed by atoms with Gasteiger partial charge in [0.15, 0.2) is 0 Å². The molecule has 35 heavy (non-hydrogen) atoms. The van der Waals surface area contributed by atoms with Crippen LogP contribution in [0, 0.1) is 34.5 Å². The van der Waals surface area contributed by atoms with Crippen molar-refractivity contribution in [3.05, 3.63) is 0 Å². The molecule has 0 aromatic heterocycles. The summed E-state index contributed by atoms with van der Waals surface area (Å²) in [6.45, 7) is 9.44. The highest BCUT2D eigenvalue weighted by atomic mass is 16.6. The molecule has 0 aromatic rings. The minimum atomic E-state index is -0.689. The molecule has 198 valence electrons. The number of hydrogen-bond donors (Lipinski definition) is 3. The van der Waals surface area contributed by atoms with Gasteiger partial charge in [0.25, 0.3) is 0 Å². The van der Waals surface area contributed by atoms with Gasteiger partial charge in [0.1, 0.15) is 12.2 Å². The maximum Gasteiger partial charge on any atom is 0.407 e. The van der Waals surface area contributed by atoms with Crippen LogP contribution in [0.25, 0.3) is 0 Å². The molecule has 10 atom stereocenters. The van der Waals surface area contributed by atoms with Gasteiger partial charge in [-0.1, -0.05) is 13.8 Å². The highest BCUT2D eigenvalue weighted by molar-refractivity contribution is 5.72. The number of rotatable bonds is 5. The van der Waals surface area contributed by atoms with Crippen molar-refractivity contribution in [3.8, 4) is 0 Å². The summed E-state index contributed by atoms with van der Waals surface area (Å²) in [4.78, 5) is 35.7. The first-order chi connectivity index (χ1) is 16.3. The van der Waals surface area contributed by atoms with Gasteiger partial charge in [-0.3, -0.25) is 9.59 Å². The molecule has 1 amide bonds. The first kappa shape index (κ1) is 26.2. The van der Waals surface area contributed by atoms with Crippen LogP contribution >= 0.6 is 0 Å². The van der Waals surface area contributed by atoms with Crippen molar-refractivity contribution in [1.29, 1.82) is 0 Å². The average Bonchev–Trinajstić information content (AvgIpc) is 3.05. The van der Waals surface area contributed by atoms with Crippen LogP contribution in [0.2, 0.25) is 0 Å². The van der Waals surface area contributed by atoms with E-state index >= 15 is 0 Å². The highest BCUT2D eigenvalue weighted by Crippen LogP contribution is 2.68. The zero-order valence-corrected chi connectivity index (χ0v) is 22.0. The largest absolute Gasteiger partial charge is 0.481 e. The molecule has 4 N–H and O–H groups in total. The lowest BCUT2D eigenvalue weighted by atomic mass is 9.42. The van der Waals surface area contributed by atoms with Crippen LogP contribution in [0.4, 0.5) is 4.79 Å². The molecule has 4 rings (SSSR count). The van der Waals surface area contributed by atoms with E-state index < -0.39 is 23.7 Å². The van der Waals surface area contributed by atoms with E-state index in [1.807, 2.05) is 0 Å². The van der Waals surface area contributed by atoms with Gasteiger partial charge < -0.3 is 25.6 Å². The summed E-state index contributed by atoms with van der Waals surface area (Å²) in [5, 5.41) is 12.7. The number of fused-ring (bicyclic) bond motifs is 5. The zero-order chi connectivity index (χ0) is 25.8. The summed E-state index contributed by atoms with van der Waals surface area (Å²) in [6, 6.07) is -0.339. The fraction of sp³-hybridized carbons (Fsp3) is 0.889. The Labute approximate surface area is 209 Å². The molecule has 0 heterocycles. The van der Waals surface area contributed by atoms with Gasteiger partial charge in [-0.2, -0.15) is 0 Å². The van der Waals surface area contributed by atoms with Crippen molar-refractivity contribution in [2.24, 2.45) is 40.2 Å². The van der Waals surface area contributed by atoms with Gasteiger partial charge in [-0.15, -0.1) is 0 Å². The lowest BCUT2D eigenvalue weighted by Gasteiger charge is -2.64. The van der Waals surface area contributed by atoms with Gasteiger partial charge in [-0.25, -0.2) is 4.79 Å². The fourth-order valence-corrected chi connectivity index (χ4v) is 8.64. The third-order valence-electron chi connectivity index (χ3n) is 10.9. The lowest BCUT2D eigenvalue weighted by Crippen LogP contribution is -2.66. The molecular weight excluding hydrogens is 448 g/mol. The predicted molar refractivity (Wildman–Crippen MR) is 130 cm³/mol. The smallest absolute Gasteiger partial charge is 0.407 e. The standard InChI is InChI=1S/C27H44N2O6/c1-15(16(2)34-17(3)30)29-24(33)35-19-8-11-25(4)18(14-19)6-7-21-20(25)9-12-26(5)22(23(31)32)10-13-27(21,26)28/h15-16,18-22H,6-14,28H2,1-5H3,(H,29,33)(H,31,32)/t15?,16?,18?,19?,20-,21-,22?,25+,26-,27-/m1/s1. The first-order valence-corrected chi connectivity index (χ1v) is 13.5. The first-order valence-electron chi connectivity index (χ1n) is 13.5. The van der Waals surface area contributed by atoms with Crippen LogP contribution in [0.15, 0.2) is 0 Å². The third kappa shape index (κ3) is 4.34. The van der Waals surface area contributed by atoms with Gasteiger partial charge in [0.05, 0.1) is 12.0 Å². The van der Waals surface area contributed by atoms with Crippen molar-refractivity contribution in [1.82, 2.24) is 5.32 Å². The van der Waals surface area contributed by atoms with Gasteiger partial charge in [0, 0.05) is 12.5 Å². The molecule has 5 unspecified atom stereocenters. The molecule has 4 saturated carbocycles. The van der Waals surface area contributed by atoms with E-state index in [0.717, 1.165) is 51.4 Å². The summed E-state index contributed by atoms with van der Waals surface area (Å²) in [7, 11) is 0. The van der Waals surface area contributed by atoms with E-state index in [1.165, 1.54) is 6.92 Å². The van der Waals surface area contributed by atoms with Crippen molar-refractivity contribution < 1.29 is 29.0 Å². The monoisotopic (exact) mass is 492 g/mol. The van der Waals surface area contributed by atoms with E-state index in [2.05, 4.69) is 19.2 Å². The predicted octanol–water partition coefficient (Wildman–Crippen LogP) is 4.25. The van der Waals surface area contributed by atoms with Crippen LogP contribution in [0.3, 0.4) is 0 Å². The van der Waals surface area contributed by atoms with E-state index in [-0.39, 0.29) is 34.9 Å². The maximum atomic E-state index is 12.5. The van der Waals surface area contributed by atoms with Crippen LogP contribution in [0.1, 0.15) is 92.4 Å². The molecule has 0 aromatic carbocycles. The zero-order valence-electron chi connectivity index (χ0n) is 22.0. The minimum Gasteiger partial charge on any atom is -0.481 e. The molecule has 4 aliphatic carbocycles. The molecule has 4 fully saturated rings. The number of carbonyl (C=O) groups excluding carboxylic acids is 2. The molecule has 8 heteroatoms. The highest BCUT2D eigenvalue weighted by Gasteiger charge is 2.67. The van der Waals surface area contributed by atoms with Crippen LogP contribution in [-0.2, 0) is 19.1 Å². The summed E-state index contributed by atoms with van der Waals surface area (Å²) < 4.78 is 11.0. The number of alkyl carbamates (subject to hydrolysis) is 1. The van der Waals surface area contributed by atoms with Gasteiger partial charge in [-0.05, 0) is 100 Å². The molecule has 0 saturated heterocycles. The Morgan fingerprint density at radius 3 is 2.37 bits per heavy atom. The van der Waals surface area contributed by atoms with Crippen molar-refractivity contribution in [2.75, 3.05) is 0 Å². The number of aliphatic carboxylic acids is 1. The summed E-state index contributed by atoms with van der Waals surface area (Å²) in [5.41, 5.74) is 6.59. The SMILES string of the molecule is CC(=O)OC(C)C(C)NC(=O)OC1CC[C@@]2(C)C(CC[C@@H]3[C@H]2CC[C@]2(C)C(C(=O)O)CC[C@@]32N)C1. The molecule has 0 bridgehead atoms. The number of hydrogen-bond acceptors (Lipinski definition) is 6. The molecule has 8 nitrogen and oxygen atoms in total. The quantitative estimate of drug-likeness (QED) is 0.490. The molecule has 0 radical (unpaired) electrons. The van der Waals surface area contributed by atoms with Crippen molar-refractivity contribution in [3.63, 3.8) is 0 Å². The van der Waals surface area contributed by atoms with Crippen LogP contribution in [0.5, 0.6) is 0 Å². The molecule has 4 aliphatic rings. The number of ether oxygens (including phenoxy) is 2. The molecular formula is C27H44N2O6. The Morgan fingerprint density at radius 2 is 1.71 bits per heavy atom. The maximum absolute atomic E-state index is 12.5. The van der Waals surface area contributed by atoms with Crippen molar-refractivity contribution >= 4 is 18.0 Å². The van der Waals surface area contributed by atoms with Crippen molar-refractivity contribution in [2.45, 2.75) is 116 Å². The van der Waals surface area contributed by atoms with Gasteiger partial charge >= 0.3 is 18.0 Å². The Bertz CT molecular complexity index is 865. The lowest BCUT2D eigenvalue weighted by molar-refractivity contribution is -0.157. The normalized spacial score (nSPS) is 44.1. The van der Waals surface area contributed by atoms with Crippen LogP contribution in [-0.4, -0.2) is 46.9 Å². The van der Waals surface area contributed by atoms with Gasteiger partial charge in [0.2, 0.25) is 0 Å². The number of amides is 1. The Balaban J connectivity index is 1.39. The second-order valence-electron chi connectivity index (χ2n) is 12.5. The van der Waals surface area contributed by atoms with E-state index in [1.54, 1.807) is 13.8 Å². The molecule has 0 aliphatic heterocycles. The number of carboxylic acid groups (broad SMARTS) is 1. The minimum absolute atomic E-state index is 0.121. The summed E-state index contributed by atoms with van der Waals surface area (Å²) >= 11 is 0. The Hall–Kier alpha value is -1.83. The number of esters is 1. The topological polar surface area (TPSA) is 128 Å². The summed E-state index contributed by atoms with van der Waals surface area (Å²) in [5.74, 6) is -0.0851. The number of nitrogens with one attached hydrogen (secondary N) is 1. The van der Waals surface area contributed by atoms with Crippen LogP contribution < -0.4 is 11.1 Å². The second-order valence-corrected chi connectivity index (χ2v) is 12.5. The van der Waals surface area contributed by atoms with E-state index in [0.29, 0.717) is 24.2 Å². The Morgan fingerprint density at radius 1 is 1.00 bits per heavy atom. The molecule has 0 spiro atoms. The van der Waals surface area contributed by atoms with E-state index in [4.69, 9.17) is 15.2 Å². The fourth-order valence-electron chi connectivity index (χ4n) is 8.64. The van der Waals surface area contributed by atoms with E-state index in [9.17, 15) is 19.5 Å². The third-order valence-corrected chi connectivity index (χ3v) is 10.9. The Kier molecular flexibility index (Phi) is 6.92. The average molecular weight is 493 g/mol. The second kappa shape index (κ2) is 9.24. The number of nitrogens with two attached hydrogens (primary N) is 1.